The number of rotatable bonds is 1. The molecular weight excluding hydrogens is 264 g/mol. The number of fused-ring (bicyclic) bond motifs is 3. The molecule has 1 aliphatic carbocycles. The summed E-state index contributed by atoms with van der Waals surface area (Å²) in [6, 6.07) is 3.53. The molecule has 1 fully saturated rings. The number of carbonyl (C=O) groups excluding carboxylic acids is 1. The van der Waals surface area contributed by atoms with Crippen molar-refractivity contribution in [3.63, 3.8) is 0 Å². The first-order valence-corrected chi connectivity index (χ1v) is 7.87. The smallest absolute Gasteiger partial charge is 0.163 e. The first-order valence-electron chi connectivity index (χ1n) is 7.87. The lowest BCUT2D eigenvalue weighted by Crippen LogP contribution is -2.46. The highest BCUT2D eigenvalue weighted by Crippen LogP contribution is 2.55. The number of ketones is 1. The Morgan fingerprint density at radius 3 is 2.71 bits per heavy atom. The number of ether oxygens (including phenoxy) is 1. The van der Waals surface area contributed by atoms with E-state index in [1.807, 2.05) is 6.07 Å². The molecule has 3 atom stereocenters. The van der Waals surface area contributed by atoms with Gasteiger partial charge in [0.25, 0.3) is 0 Å². The van der Waals surface area contributed by atoms with E-state index in [9.17, 15) is 9.90 Å². The van der Waals surface area contributed by atoms with Gasteiger partial charge in [-0.2, -0.15) is 0 Å². The number of carbonyl (C=O) groups is 1. The van der Waals surface area contributed by atoms with Crippen LogP contribution in [-0.2, 0) is 0 Å². The van der Waals surface area contributed by atoms with E-state index in [-0.39, 0.29) is 23.1 Å². The first kappa shape index (κ1) is 14.4. The number of hydrogen-bond donors (Lipinski definition) is 1. The zero-order valence-corrected chi connectivity index (χ0v) is 13.3. The second kappa shape index (κ2) is 4.75. The fourth-order valence-electron chi connectivity index (χ4n) is 4.21. The van der Waals surface area contributed by atoms with Crippen LogP contribution in [-0.4, -0.2) is 16.5 Å². The minimum absolute atomic E-state index is 0.0967. The van der Waals surface area contributed by atoms with Crippen molar-refractivity contribution in [2.24, 2.45) is 11.8 Å². The molecule has 1 N–H and O–H groups in total. The fourth-order valence-corrected chi connectivity index (χ4v) is 4.21. The molecule has 0 spiro atoms. The number of phenols is 1. The van der Waals surface area contributed by atoms with Crippen LogP contribution >= 0.6 is 0 Å². The zero-order chi connectivity index (χ0) is 15.4. The maximum Gasteiger partial charge on any atom is 0.163 e. The highest BCUT2D eigenvalue weighted by Gasteiger charge is 2.47. The van der Waals surface area contributed by atoms with Gasteiger partial charge in [0, 0.05) is 11.5 Å². The van der Waals surface area contributed by atoms with Crippen molar-refractivity contribution in [2.45, 2.75) is 58.5 Å². The van der Waals surface area contributed by atoms with E-state index in [0.717, 1.165) is 24.2 Å². The van der Waals surface area contributed by atoms with Crippen LogP contribution in [0.3, 0.4) is 0 Å². The lowest BCUT2D eigenvalue weighted by Gasteiger charge is -2.48. The Labute approximate surface area is 126 Å². The number of benzene rings is 1. The lowest BCUT2D eigenvalue weighted by atomic mass is 9.64. The van der Waals surface area contributed by atoms with E-state index in [2.05, 4.69) is 20.8 Å². The Balaban J connectivity index is 2.16. The van der Waals surface area contributed by atoms with E-state index < -0.39 is 0 Å². The standard InChI is InChI=1S/C18H24O3/c1-10-5-7-14-13(9-10)16-15(21-18(14,3)4)8-6-12(11(2)19)17(16)20/h6,8,10,13-14,20H,5,7,9H2,1-4H3/t10-,13-,14-/m0/s1. The molecule has 114 valence electrons. The van der Waals surface area contributed by atoms with Gasteiger partial charge >= 0.3 is 0 Å². The molecule has 21 heavy (non-hydrogen) atoms. The predicted octanol–water partition coefficient (Wildman–Crippen LogP) is 4.29. The Kier molecular flexibility index (Phi) is 3.27. The molecule has 0 amide bonds. The second-order valence-electron chi connectivity index (χ2n) is 7.27. The van der Waals surface area contributed by atoms with Gasteiger partial charge in [0.2, 0.25) is 0 Å². The molecular formula is C18H24O3. The van der Waals surface area contributed by atoms with Crippen LogP contribution < -0.4 is 4.74 Å². The lowest BCUT2D eigenvalue weighted by molar-refractivity contribution is -0.0145. The molecule has 3 nitrogen and oxygen atoms in total. The summed E-state index contributed by atoms with van der Waals surface area (Å²) in [5.74, 6) is 2.12. The van der Waals surface area contributed by atoms with Gasteiger partial charge in [-0.3, -0.25) is 4.79 Å². The minimum Gasteiger partial charge on any atom is -0.507 e. The summed E-state index contributed by atoms with van der Waals surface area (Å²) in [6.07, 6.45) is 3.37. The third kappa shape index (κ3) is 2.23. The molecule has 0 saturated heterocycles. The van der Waals surface area contributed by atoms with Crippen molar-refractivity contribution < 1.29 is 14.6 Å². The molecule has 1 saturated carbocycles. The molecule has 2 aliphatic rings. The van der Waals surface area contributed by atoms with Gasteiger partial charge in [-0.1, -0.05) is 13.3 Å². The molecule has 1 aliphatic heterocycles. The van der Waals surface area contributed by atoms with Gasteiger partial charge in [0.1, 0.15) is 17.1 Å². The Morgan fingerprint density at radius 1 is 1.33 bits per heavy atom. The summed E-state index contributed by atoms with van der Waals surface area (Å²) in [4.78, 5) is 11.7. The third-order valence-corrected chi connectivity index (χ3v) is 5.31. The largest absolute Gasteiger partial charge is 0.507 e. The number of Topliss-reactive ketones (excluding diaryl/α,β-unsaturated/α-hetero) is 1. The number of aromatic hydroxyl groups is 1. The minimum atomic E-state index is -0.220. The summed E-state index contributed by atoms with van der Waals surface area (Å²) in [6.45, 7) is 8.04. The molecule has 3 rings (SSSR count). The normalized spacial score (nSPS) is 30.0. The average molecular weight is 288 g/mol. The van der Waals surface area contributed by atoms with E-state index in [0.29, 0.717) is 17.4 Å². The summed E-state index contributed by atoms with van der Waals surface area (Å²) < 4.78 is 6.17. The van der Waals surface area contributed by atoms with E-state index >= 15 is 0 Å². The summed E-state index contributed by atoms with van der Waals surface area (Å²) >= 11 is 0. The molecule has 0 bridgehead atoms. The van der Waals surface area contributed by atoms with Gasteiger partial charge in [0.05, 0.1) is 5.56 Å². The van der Waals surface area contributed by atoms with Crippen LogP contribution in [0.4, 0.5) is 0 Å². The maximum absolute atomic E-state index is 11.7. The monoisotopic (exact) mass is 288 g/mol. The quantitative estimate of drug-likeness (QED) is 0.784. The second-order valence-corrected chi connectivity index (χ2v) is 7.27. The van der Waals surface area contributed by atoms with Crippen LogP contribution in [0.5, 0.6) is 11.5 Å². The highest BCUT2D eigenvalue weighted by molar-refractivity contribution is 5.97. The van der Waals surface area contributed by atoms with Crippen LogP contribution in [0.15, 0.2) is 12.1 Å². The maximum atomic E-state index is 11.7. The van der Waals surface area contributed by atoms with Crippen molar-refractivity contribution in [1.29, 1.82) is 0 Å². The Morgan fingerprint density at radius 2 is 2.05 bits per heavy atom. The summed E-state index contributed by atoms with van der Waals surface area (Å²) in [7, 11) is 0. The van der Waals surface area contributed by atoms with E-state index in [1.165, 1.54) is 13.3 Å². The molecule has 0 aromatic heterocycles. The molecule has 3 heteroatoms. The number of hydrogen-bond acceptors (Lipinski definition) is 3. The SMILES string of the molecule is CC(=O)c1ccc2c(c1O)[C@H]1C[C@@H](C)CC[C@@H]1C(C)(C)O2. The first-order chi connectivity index (χ1) is 9.81. The number of phenolic OH excluding ortho intramolecular Hbond substituents is 1. The zero-order valence-electron chi connectivity index (χ0n) is 13.3. The van der Waals surface area contributed by atoms with Crippen molar-refractivity contribution in [3.8, 4) is 11.5 Å². The molecule has 1 aromatic carbocycles. The topological polar surface area (TPSA) is 46.5 Å². The van der Waals surface area contributed by atoms with Crippen LogP contribution in [0.25, 0.3) is 0 Å². The van der Waals surface area contributed by atoms with Crippen molar-refractivity contribution in [2.75, 3.05) is 0 Å². The van der Waals surface area contributed by atoms with Crippen LogP contribution in [0, 0.1) is 11.8 Å². The summed E-state index contributed by atoms with van der Waals surface area (Å²) in [5.41, 5.74) is 1.05. The van der Waals surface area contributed by atoms with Gasteiger partial charge in [0.15, 0.2) is 5.78 Å². The van der Waals surface area contributed by atoms with Gasteiger partial charge < -0.3 is 9.84 Å². The molecule has 0 unspecified atom stereocenters. The van der Waals surface area contributed by atoms with Crippen LogP contribution in [0.2, 0.25) is 0 Å². The van der Waals surface area contributed by atoms with Gasteiger partial charge in [-0.15, -0.1) is 0 Å². The molecule has 1 heterocycles. The van der Waals surface area contributed by atoms with Crippen molar-refractivity contribution >= 4 is 5.78 Å². The fraction of sp³-hybridized carbons (Fsp3) is 0.611. The van der Waals surface area contributed by atoms with Gasteiger partial charge in [-0.05, 0) is 57.6 Å². The molecule has 1 aromatic rings. The Hall–Kier alpha value is -1.51. The summed E-state index contributed by atoms with van der Waals surface area (Å²) in [5, 5.41) is 10.6. The highest BCUT2D eigenvalue weighted by atomic mass is 16.5. The third-order valence-electron chi connectivity index (χ3n) is 5.31. The van der Waals surface area contributed by atoms with Crippen molar-refractivity contribution in [1.82, 2.24) is 0 Å². The predicted molar refractivity (Wildman–Crippen MR) is 82.1 cm³/mol. The van der Waals surface area contributed by atoms with E-state index in [1.54, 1.807) is 6.07 Å². The van der Waals surface area contributed by atoms with Crippen molar-refractivity contribution in [3.05, 3.63) is 23.3 Å². The average Bonchev–Trinajstić information content (AvgIpc) is 2.37. The van der Waals surface area contributed by atoms with E-state index in [4.69, 9.17) is 4.74 Å². The Bertz CT molecular complexity index is 588. The molecule has 0 radical (unpaired) electrons. The van der Waals surface area contributed by atoms with Gasteiger partial charge in [-0.25, -0.2) is 0 Å². The van der Waals surface area contributed by atoms with Crippen LogP contribution in [0.1, 0.15) is 68.8 Å².